The van der Waals surface area contributed by atoms with Gasteiger partial charge >= 0.3 is 0 Å². The summed E-state index contributed by atoms with van der Waals surface area (Å²) in [7, 11) is -2.24. The molecule has 0 aliphatic rings. The molecule has 0 saturated carbocycles. The number of rotatable bonds is 8. The highest BCUT2D eigenvalue weighted by Crippen LogP contribution is 2.23. The van der Waals surface area contributed by atoms with E-state index in [-0.39, 0.29) is 16.6 Å². The quantitative estimate of drug-likeness (QED) is 0.354. The fourth-order valence-corrected chi connectivity index (χ4v) is 4.46. The lowest BCUT2D eigenvalue weighted by molar-refractivity contribution is 0.0951. The molecule has 0 heterocycles. The van der Waals surface area contributed by atoms with Gasteiger partial charge < -0.3 is 10.1 Å². The maximum Gasteiger partial charge on any atom is 0.261 e. The zero-order valence-electron chi connectivity index (χ0n) is 18.9. The molecule has 0 bridgehead atoms. The van der Waals surface area contributed by atoms with E-state index in [1.165, 1.54) is 36.4 Å². The van der Waals surface area contributed by atoms with Crippen molar-refractivity contribution >= 4 is 21.6 Å². The van der Waals surface area contributed by atoms with Crippen LogP contribution in [0.25, 0.3) is 11.1 Å². The summed E-state index contributed by atoms with van der Waals surface area (Å²) in [4.78, 5) is 12.5. The maximum absolute atomic E-state index is 13.1. The van der Waals surface area contributed by atoms with Gasteiger partial charge in [0.1, 0.15) is 11.6 Å². The van der Waals surface area contributed by atoms with E-state index in [1.54, 1.807) is 43.5 Å². The predicted octanol–water partition coefficient (Wildman–Crippen LogP) is 5.23. The molecule has 4 rings (SSSR count). The Morgan fingerprint density at radius 2 is 1.37 bits per heavy atom. The fourth-order valence-electron chi connectivity index (χ4n) is 3.40. The Labute approximate surface area is 203 Å². The van der Waals surface area contributed by atoms with Crippen LogP contribution in [0.1, 0.15) is 15.9 Å². The van der Waals surface area contributed by atoms with Gasteiger partial charge in [0.05, 0.1) is 12.0 Å². The van der Waals surface area contributed by atoms with Crippen LogP contribution in [0, 0.1) is 5.82 Å². The molecule has 4 aromatic carbocycles. The minimum Gasteiger partial charge on any atom is -0.497 e. The minimum atomic E-state index is -3.82. The summed E-state index contributed by atoms with van der Waals surface area (Å²) in [5, 5.41) is 2.83. The van der Waals surface area contributed by atoms with Crippen LogP contribution in [-0.4, -0.2) is 21.4 Å². The molecule has 0 fully saturated rings. The monoisotopic (exact) mass is 490 g/mol. The highest BCUT2D eigenvalue weighted by atomic mass is 32.2. The Balaban J connectivity index is 1.37. The second kappa shape index (κ2) is 10.4. The van der Waals surface area contributed by atoms with E-state index < -0.39 is 10.0 Å². The van der Waals surface area contributed by atoms with Gasteiger partial charge in [-0.1, -0.05) is 36.4 Å². The third kappa shape index (κ3) is 6.04. The highest BCUT2D eigenvalue weighted by molar-refractivity contribution is 7.92. The molecule has 0 aliphatic carbocycles. The largest absolute Gasteiger partial charge is 0.497 e. The molecule has 1 amide bonds. The van der Waals surface area contributed by atoms with Gasteiger partial charge in [-0.2, -0.15) is 0 Å². The van der Waals surface area contributed by atoms with Gasteiger partial charge in [-0.3, -0.25) is 9.52 Å². The second-order valence-corrected chi connectivity index (χ2v) is 9.43. The van der Waals surface area contributed by atoms with E-state index in [2.05, 4.69) is 10.0 Å². The van der Waals surface area contributed by atoms with Crippen LogP contribution in [-0.2, 0) is 16.6 Å². The number of hydrogen-bond donors (Lipinski definition) is 2. The van der Waals surface area contributed by atoms with Crippen molar-refractivity contribution in [3.05, 3.63) is 114 Å². The van der Waals surface area contributed by atoms with Crippen molar-refractivity contribution in [3.8, 4) is 16.9 Å². The lowest BCUT2D eigenvalue weighted by atomic mass is 10.1. The molecule has 4 aromatic rings. The Bertz CT molecular complexity index is 1400. The van der Waals surface area contributed by atoms with Crippen LogP contribution in [0.5, 0.6) is 5.75 Å². The van der Waals surface area contributed by atoms with Crippen molar-refractivity contribution in [1.29, 1.82) is 0 Å². The standard InChI is InChI=1S/C27H23FN2O4S/c1-34-25-14-2-19(3-15-25)18-29-27(31)22-6-12-24(13-7-22)30-35(32,33)26-16-8-21(9-17-26)20-4-10-23(28)11-5-20/h2-17,30H,18H2,1H3,(H,29,31). The van der Waals surface area contributed by atoms with Gasteiger partial charge in [-0.05, 0) is 77.4 Å². The molecule has 0 spiro atoms. The molecule has 0 atom stereocenters. The first-order chi connectivity index (χ1) is 16.8. The Kier molecular flexibility index (Phi) is 7.12. The number of sulfonamides is 1. The van der Waals surface area contributed by atoms with Crippen molar-refractivity contribution in [2.75, 3.05) is 11.8 Å². The average molecular weight is 491 g/mol. The van der Waals surface area contributed by atoms with Crippen molar-refractivity contribution in [2.45, 2.75) is 11.4 Å². The molecule has 6 nitrogen and oxygen atoms in total. The number of anilines is 1. The number of carbonyl (C=O) groups excluding carboxylic acids is 1. The second-order valence-electron chi connectivity index (χ2n) is 7.74. The summed E-state index contributed by atoms with van der Waals surface area (Å²) in [6, 6.07) is 25.8. The molecule has 0 aromatic heterocycles. The number of ether oxygens (including phenoxy) is 1. The first-order valence-corrected chi connectivity index (χ1v) is 12.2. The predicted molar refractivity (Wildman–Crippen MR) is 133 cm³/mol. The Hall–Kier alpha value is -4.17. The number of hydrogen-bond acceptors (Lipinski definition) is 4. The lowest BCUT2D eigenvalue weighted by Gasteiger charge is -2.10. The summed E-state index contributed by atoms with van der Waals surface area (Å²) in [6.07, 6.45) is 0. The molecule has 0 radical (unpaired) electrons. The Morgan fingerprint density at radius 3 is 1.94 bits per heavy atom. The summed E-state index contributed by atoms with van der Waals surface area (Å²) >= 11 is 0. The van der Waals surface area contributed by atoms with Gasteiger partial charge in [-0.15, -0.1) is 0 Å². The number of methoxy groups -OCH3 is 1. The van der Waals surface area contributed by atoms with Crippen molar-refractivity contribution < 1.29 is 22.3 Å². The molecule has 178 valence electrons. The molecule has 35 heavy (non-hydrogen) atoms. The molecule has 2 N–H and O–H groups in total. The van der Waals surface area contributed by atoms with E-state index in [0.29, 0.717) is 17.8 Å². The molecular weight excluding hydrogens is 467 g/mol. The molecule has 0 aliphatic heterocycles. The minimum absolute atomic E-state index is 0.0877. The van der Waals surface area contributed by atoms with Gasteiger partial charge in [0.2, 0.25) is 0 Å². The van der Waals surface area contributed by atoms with Crippen LogP contribution in [0.3, 0.4) is 0 Å². The van der Waals surface area contributed by atoms with Gasteiger partial charge in [0, 0.05) is 17.8 Å². The summed E-state index contributed by atoms with van der Waals surface area (Å²) in [6.45, 7) is 0.352. The zero-order chi connectivity index (χ0) is 24.8. The van der Waals surface area contributed by atoms with Crippen LogP contribution >= 0.6 is 0 Å². The third-order valence-electron chi connectivity index (χ3n) is 5.35. The molecule has 8 heteroatoms. The molecule has 0 unspecified atom stereocenters. The van der Waals surface area contributed by atoms with E-state index in [4.69, 9.17) is 4.74 Å². The van der Waals surface area contributed by atoms with Gasteiger partial charge in [0.25, 0.3) is 15.9 Å². The van der Waals surface area contributed by atoms with E-state index >= 15 is 0 Å². The number of nitrogens with one attached hydrogen (secondary N) is 2. The maximum atomic E-state index is 13.1. The van der Waals surface area contributed by atoms with Crippen LogP contribution in [0.15, 0.2) is 102 Å². The number of amides is 1. The number of carbonyl (C=O) groups is 1. The van der Waals surface area contributed by atoms with Crippen LogP contribution < -0.4 is 14.8 Å². The summed E-state index contributed by atoms with van der Waals surface area (Å²) < 4.78 is 46.3. The third-order valence-corrected chi connectivity index (χ3v) is 6.75. The van der Waals surface area contributed by atoms with Crippen molar-refractivity contribution in [2.24, 2.45) is 0 Å². The summed E-state index contributed by atoms with van der Waals surface area (Å²) in [5.74, 6) is 0.131. The normalized spacial score (nSPS) is 11.0. The zero-order valence-corrected chi connectivity index (χ0v) is 19.7. The Morgan fingerprint density at radius 1 is 0.800 bits per heavy atom. The number of benzene rings is 4. The first kappa shape index (κ1) is 24.0. The fraction of sp³-hybridized carbons (Fsp3) is 0.0741. The van der Waals surface area contributed by atoms with Gasteiger partial charge in [-0.25, -0.2) is 12.8 Å². The highest BCUT2D eigenvalue weighted by Gasteiger charge is 2.15. The van der Waals surface area contributed by atoms with Crippen LogP contribution in [0.4, 0.5) is 10.1 Å². The van der Waals surface area contributed by atoms with E-state index in [1.807, 2.05) is 24.3 Å². The molecule has 0 saturated heterocycles. The van der Waals surface area contributed by atoms with Gasteiger partial charge in [0.15, 0.2) is 0 Å². The number of halogens is 1. The SMILES string of the molecule is COc1ccc(CNC(=O)c2ccc(NS(=O)(=O)c3ccc(-c4ccc(F)cc4)cc3)cc2)cc1. The first-order valence-electron chi connectivity index (χ1n) is 10.7. The van der Waals surface area contributed by atoms with E-state index in [9.17, 15) is 17.6 Å². The lowest BCUT2D eigenvalue weighted by Crippen LogP contribution is -2.22. The topological polar surface area (TPSA) is 84.5 Å². The smallest absolute Gasteiger partial charge is 0.261 e. The van der Waals surface area contributed by atoms with Crippen LogP contribution in [0.2, 0.25) is 0 Å². The summed E-state index contributed by atoms with van der Waals surface area (Å²) in [5.41, 5.74) is 3.22. The van der Waals surface area contributed by atoms with Crippen molar-refractivity contribution in [1.82, 2.24) is 5.32 Å². The molecular formula is C27H23FN2O4S. The van der Waals surface area contributed by atoms with E-state index in [0.717, 1.165) is 22.4 Å². The average Bonchev–Trinajstić information content (AvgIpc) is 2.88. The van der Waals surface area contributed by atoms with Crippen molar-refractivity contribution in [3.63, 3.8) is 0 Å².